The summed E-state index contributed by atoms with van der Waals surface area (Å²) in [5, 5.41) is 0. The van der Waals surface area contributed by atoms with E-state index in [9.17, 15) is 14.4 Å². The van der Waals surface area contributed by atoms with Crippen molar-refractivity contribution in [3.63, 3.8) is 0 Å². The van der Waals surface area contributed by atoms with Gasteiger partial charge < -0.3 is 9.47 Å². The number of thioether (sulfide) groups is 1. The lowest BCUT2D eigenvalue weighted by Gasteiger charge is -2.45. The van der Waals surface area contributed by atoms with E-state index in [-0.39, 0.29) is 5.91 Å². The van der Waals surface area contributed by atoms with Crippen LogP contribution in [0.15, 0.2) is 91.0 Å². The molecule has 172 valence electrons. The largest absolute Gasteiger partial charge is 0.469 e. The molecule has 2 aliphatic heterocycles. The third kappa shape index (κ3) is 2.86. The Labute approximate surface area is 201 Å². The first kappa shape index (κ1) is 22.2. The smallest absolute Gasteiger partial charge is 0.313 e. The van der Waals surface area contributed by atoms with E-state index in [1.807, 2.05) is 91.0 Å². The van der Waals surface area contributed by atoms with Crippen molar-refractivity contribution < 1.29 is 23.9 Å². The number of fused-ring (bicyclic) bond motifs is 2. The van der Waals surface area contributed by atoms with Crippen molar-refractivity contribution in [3.05, 3.63) is 102 Å². The summed E-state index contributed by atoms with van der Waals surface area (Å²) >= 11 is 1.32. The number of carbonyl (C=O) groups is 3. The van der Waals surface area contributed by atoms with Crippen molar-refractivity contribution in [2.75, 3.05) is 19.1 Å². The number of hydrogen-bond acceptors (Lipinski definition) is 6. The summed E-state index contributed by atoms with van der Waals surface area (Å²) in [5.41, 5.74) is 2.02. The maximum absolute atomic E-state index is 14.5. The van der Waals surface area contributed by atoms with Gasteiger partial charge in [0, 0.05) is 5.69 Å². The highest BCUT2D eigenvalue weighted by Crippen LogP contribution is 2.74. The molecule has 0 spiro atoms. The van der Waals surface area contributed by atoms with Crippen molar-refractivity contribution in [2.45, 2.75) is 9.62 Å². The molecule has 5 rings (SSSR count). The van der Waals surface area contributed by atoms with Crippen LogP contribution >= 0.6 is 11.8 Å². The van der Waals surface area contributed by atoms with E-state index in [4.69, 9.17) is 9.47 Å². The van der Waals surface area contributed by atoms with E-state index in [2.05, 4.69) is 0 Å². The van der Waals surface area contributed by atoms with Crippen molar-refractivity contribution in [2.24, 2.45) is 11.8 Å². The van der Waals surface area contributed by atoms with E-state index >= 15 is 0 Å². The number of para-hydroxylation sites is 1. The zero-order valence-electron chi connectivity index (χ0n) is 18.7. The first-order valence-corrected chi connectivity index (χ1v) is 11.7. The maximum Gasteiger partial charge on any atom is 0.313 e. The van der Waals surface area contributed by atoms with Crippen LogP contribution in [0.1, 0.15) is 11.1 Å². The van der Waals surface area contributed by atoms with Gasteiger partial charge in [-0.1, -0.05) is 78.9 Å². The number of methoxy groups -OCH3 is 2. The number of ether oxygens (including phenoxy) is 2. The number of anilines is 1. The Balaban J connectivity index is 1.89. The molecular formula is C27H23NO5S. The van der Waals surface area contributed by atoms with Gasteiger partial charge in [0.15, 0.2) is 0 Å². The SMILES string of the molecule is COC(=O)[C@@H]1[C@@H](C(=O)OC)C2(c3ccccc3)SC1(c1ccccc1)C(=O)N2c1ccccc1. The van der Waals surface area contributed by atoms with Gasteiger partial charge in [-0.25, -0.2) is 0 Å². The van der Waals surface area contributed by atoms with Crippen LogP contribution < -0.4 is 4.90 Å². The van der Waals surface area contributed by atoms with Gasteiger partial charge in [0.1, 0.15) is 21.5 Å². The van der Waals surface area contributed by atoms with Crippen LogP contribution in [0.5, 0.6) is 0 Å². The topological polar surface area (TPSA) is 72.9 Å². The number of hydrogen-bond donors (Lipinski definition) is 0. The highest BCUT2D eigenvalue weighted by molar-refractivity contribution is 8.03. The Kier molecular flexibility index (Phi) is 5.44. The first-order chi connectivity index (χ1) is 16.5. The molecule has 34 heavy (non-hydrogen) atoms. The second kappa shape index (κ2) is 8.33. The highest BCUT2D eigenvalue weighted by Gasteiger charge is 2.80. The van der Waals surface area contributed by atoms with E-state index in [0.29, 0.717) is 11.3 Å². The van der Waals surface area contributed by atoms with E-state index in [1.54, 1.807) is 4.90 Å². The van der Waals surface area contributed by atoms with E-state index < -0.39 is 33.4 Å². The average molecular weight is 474 g/mol. The molecule has 3 aromatic carbocycles. The summed E-state index contributed by atoms with van der Waals surface area (Å²) in [6.45, 7) is 0. The van der Waals surface area contributed by atoms with Gasteiger partial charge in [0.2, 0.25) is 5.91 Å². The van der Waals surface area contributed by atoms with Crippen LogP contribution in [-0.2, 0) is 33.5 Å². The predicted molar refractivity (Wildman–Crippen MR) is 129 cm³/mol. The average Bonchev–Trinajstić information content (AvgIpc) is 3.37. The van der Waals surface area contributed by atoms with Gasteiger partial charge >= 0.3 is 11.9 Å². The number of piperidine rings is 1. The lowest BCUT2D eigenvalue weighted by atomic mass is 9.68. The Hall–Kier alpha value is -3.58. The van der Waals surface area contributed by atoms with E-state index in [1.165, 1.54) is 26.0 Å². The van der Waals surface area contributed by atoms with E-state index in [0.717, 1.165) is 5.56 Å². The molecule has 2 heterocycles. The van der Waals surface area contributed by atoms with Gasteiger partial charge in [-0.05, 0) is 23.3 Å². The summed E-state index contributed by atoms with van der Waals surface area (Å²) in [4.78, 5) is 41.8. The highest BCUT2D eigenvalue weighted by atomic mass is 32.2. The Morgan fingerprint density at radius 1 is 0.735 bits per heavy atom. The summed E-state index contributed by atoms with van der Waals surface area (Å²) < 4.78 is 9.08. The number of amides is 1. The second-order valence-corrected chi connectivity index (χ2v) is 9.71. The van der Waals surface area contributed by atoms with Crippen LogP contribution in [0.3, 0.4) is 0 Å². The number of benzene rings is 3. The number of nitrogens with zero attached hydrogens (tertiary/aromatic N) is 1. The molecule has 4 atom stereocenters. The minimum atomic E-state index is -1.38. The zero-order valence-corrected chi connectivity index (χ0v) is 19.5. The van der Waals surface area contributed by atoms with Crippen LogP contribution in [0.25, 0.3) is 0 Å². The van der Waals surface area contributed by atoms with Crippen LogP contribution in [0, 0.1) is 11.8 Å². The third-order valence-corrected chi connectivity index (χ3v) is 8.65. The second-order valence-electron chi connectivity index (χ2n) is 8.24. The maximum atomic E-state index is 14.5. The van der Waals surface area contributed by atoms with Gasteiger partial charge in [-0.2, -0.15) is 0 Å². The van der Waals surface area contributed by atoms with Gasteiger partial charge in [0.25, 0.3) is 0 Å². The molecule has 2 fully saturated rings. The van der Waals surface area contributed by atoms with Crippen molar-refractivity contribution in [1.82, 2.24) is 0 Å². The molecule has 7 heteroatoms. The van der Waals surface area contributed by atoms with Crippen molar-refractivity contribution in [1.29, 1.82) is 0 Å². The molecule has 2 unspecified atom stereocenters. The van der Waals surface area contributed by atoms with Crippen LogP contribution in [0.4, 0.5) is 5.69 Å². The summed E-state index contributed by atoms with van der Waals surface area (Å²) in [6, 6.07) is 27.7. The lowest BCUT2D eigenvalue weighted by molar-refractivity contribution is -0.163. The van der Waals surface area contributed by atoms with Crippen LogP contribution in [-0.4, -0.2) is 32.1 Å². The fraction of sp³-hybridized carbons (Fsp3) is 0.222. The monoisotopic (exact) mass is 473 g/mol. The standard InChI is InChI=1S/C27H23NO5S/c1-32-23(29)21-22(24(30)33-2)27(19-14-8-4-9-15-19)28(20-16-10-5-11-17-20)25(31)26(21,34-27)18-12-6-3-7-13-18/h3-17,21-22H,1-2H3/t21-,22-,26?,27?/m0/s1. The van der Waals surface area contributed by atoms with Crippen LogP contribution in [0.2, 0.25) is 0 Å². The van der Waals surface area contributed by atoms with Gasteiger partial charge in [0.05, 0.1) is 14.2 Å². The summed E-state index contributed by atoms with van der Waals surface area (Å²) in [6.07, 6.45) is 0. The Morgan fingerprint density at radius 3 is 1.74 bits per heavy atom. The number of carbonyl (C=O) groups excluding carboxylic acids is 3. The molecule has 2 bridgehead atoms. The Bertz CT molecular complexity index is 1240. The molecule has 0 radical (unpaired) electrons. The molecule has 6 nitrogen and oxygen atoms in total. The molecular weight excluding hydrogens is 450 g/mol. The summed E-state index contributed by atoms with van der Waals surface area (Å²) in [7, 11) is 2.58. The number of esters is 2. The zero-order chi connectivity index (χ0) is 23.9. The Morgan fingerprint density at radius 2 is 1.21 bits per heavy atom. The molecule has 2 saturated heterocycles. The molecule has 2 aliphatic rings. The van der Waals surface area contributed by atoms with Gasteiger partial charge in [-0.15, -0.1) is 11.8 Å². The molecule has 0 saturated carbocycles. The molecule has 0 N–H and O–H groups in total. The fourth-order valence-corrected chi connectivity index (χ4v) is 7.52. The molecule has 0 aliphatic carbocycles. The lowest BCUT2D eigenvalue weighted by Crippen LogP contribution is -2.61. The third-order valence-electron chi connectivity index (χ3n) is 6.68. The quantitative estimate of drug-likeness (QED) is 0.520. The number of rotatable bonds is 5. The molecule has 3 aromatic rings. The van der Waals surface area contributed by atoms with Crippen molar-refractivity contribution in [3.8, 4) is 0 Å². The molecule has 1 amide bonds. The molecule has 0 aromatic heterocycles. The predicted octanol–water partition coefficient (Wildman–Crippen LogP) is 4.11. The first-order valence-electron chi connectivity index (χ1n) is 10.9. The minimum absolute atomic E-state index is 0.269. The summed E-state index contributed by atoms with van der Waals surface area (Å²) in [5.74, 6) is -3.54. The van der Waals surface area contributed by atoms with Gasteiger partial charge in [-0.3, -0.25) is 19.3 Å². The normalized spacial score (nSPS) is 27.5. The van der Waals surface area contributed by atoms with Crippen molar-refractivity contribution >= 4 is 35.3 Å². The fourth-order valence-electron chi connectivity index (χ4n) is 5.34. The minimum Gasteiger partial charge on any atom is -0.469 e.